The van der Waals surface area contributed by atoms with Crippen LogP contribution in [0, 0.1) is 10.1 Å². The molecule has 0 unspecified atom stereocenters. The molecule has 12 heavy (non-hydrogen) atoms. The molecule has 1 aromatic rings. The van der Waals surface area contributed by atoms with Crippen molar-refractivity contribution < 1.29 is 4.92 Å². The lowest BCUT2D eigenvalue weighted by atomic mass is 10.2. The number of thiol groups is 1. The molecule has 64 valence electrons. The van der Waals surface area contributed by atoms with E-state index in [2.05, 4.69) is 12.6 Å². The second-order valence-electron chi connectivity index (χ2n) is 2.31. The highest BCUT2D eigenvalue weighted by Gasteiger charge is 2.09. The average Bonchev–Trinajstić information content (AvgIpc) is 2.03. The van der Waals surface area contributed by atoms with Gasteiger partial charge in [-0.15, -0.1) is 0 Å². The maximum Gasteiger partial charge on any atom is 0.292 e. The van der Waals surface area contributed by atoms with Crippen LogP contribution in [0.3, 0.4) is 0 Å². The molecule has 0 atom stereocenters. The van der Waals surface area contributed by atoms with Crippen LogP contribution in [-0.2, 0) is 5.75 Å². The molecule has 0 radical (unpaired) electrons. The summed E-state index contributed by atoms with van der Waals surface area (Å²) in [5, 5.41) is 10.3. The molecule has 0 heterocycles. The molecule has 0 aliphatic heterocycles. The Morgan fingerprint density at radius 3 is 2.67 bits per heavy atom. The summed E-state index contributed by atoms with van der Waals surface area (Å²) in [6.07, 6.45) is 0. The standard InChI is InChI=1S/C7H8N2O2S/c8-6-3-5(4-12)1-2-7(6)9(10)11/h1-3,12H,4,8H2. The molecule has 1 aromatic carbocycles. The molecule has 5 heteroatoms. The van der Waals surface area contributed by atoms with E-state index >= 15 is 0 Å². The van der Waals surface area contributed by atoms with Crippen LogP contribution in [0.1, 0.15) is 5.56 Å². The number of anilines is 1. The van der Waals surface area contributed by atoms with Crippen molar-refractivity contribution in [1.82, 2.24) is 0 Å². The maximum atomic E-state index is 10.3. The van der Waals surface area contributed by atoms with Crippen LogP contribution >= 0.6 is 12.6 Å². The van der Waals surface area contributed by atoms with Crippen molar-refractivity contribution >= 4 is 24.0 Å². The molecule has 0 fully saturated rings. The quantitative estimate of drug-likeness (QED) is 0.317. The fourth-order valence-corrected chi connectivity index (χ4v) is 1.07. The van der Waals surface area contributed by atoms with E-state index in [1.807, 2.05) is 0 Å². The zero-order chi connectivity index (χ0) is 9.14. The lowest BCUT2D eigenvalue weighted by Gasteiger charge is -1.98. The van der Waals surface area contributed by atoms with Gasteiger partial charge in [-0.2, -0.15) is 12.6 Å². The Balaban J connectivity index is 3.12. The van der Waals surface area contributed by atoms with E-state index in [0.717, 1.165) is 5.56 Å². The highest BCUT2D eigenvalue weighted by Crippen LogP contribution is 2.22. The zero-order valence-corrected chi connectivity index (χ0v) is 7.12. The first kappa shape index (κ1) is 8.86. The fourth-order valence-electron chi connectivity index (χ4n) is 0.869. The van der Waals surface area contributed by atoms with E-state index in [1.54, 1.807) is 12.1 Å². The first-order valence-electron chi connectivity index (χ1n) is 3.29. The van der Waals surface area contributed by atoms with Crippen LogP contribution in [0.2, 0.25) is 0 Å². The van der Waals surface area contributed by atoms with Gasteiger partial charge in [0.2, 0.25) is 0 Å². The van der Waals surface area contributed by atoms with Gasteiger partial charge in [-0.3, -0.25) is 10.1 Å². The van der Waals surface area contributed by atoms with Gasteiger partial charge in [0.1, 0.15) is 5.69 Å². The van der Waals surface area contributed by atoms with Gasteiger partial charge >= 0.3 is 0 Å². The van der Waals surface area contributed by atoms with Crippen LogP contribution in [-0.4, -0.2) is 4.92 Å². The number of hydrogen-bond acceptors (Lipinski definition) is 4. The Kier molecular flexibility index (Phi) is 2.54. The van der Waals surface area contributed by atoms with Gasteiger partial charge in [-0.1, -0.05) is 6.07 Å². The molecule has 0 amide bonds. The number of nitro groups is 1. The number of nitrogens with zero attached hydrogens (tertiary/aromatic N) is 1. The van der Waals surface area contributed by atoms with Gasteiger partial charge in [-0.05, 0) is 11.6 Å². The molecule has 1 rings (SSSR count). The molecule has 0 bridgehead atoms. The van der Waals surface area contributed by atoms with E-state index in [4.69, 9.17) is 5.73 Å². The van der Waals surface area contributed by atoms with Crippen LogP contribution in [0.4, 0.5) is 11.4 Å². The minimum atomic E-state index is -0.502. The molecule has 0 aliphatic rings. The van der Waals surface area contributed by atoms with Gasteiger partial charge in [0.05, 0.1) is 4.92 Å². The Bertz CT molecular complexity index is 314. The summed E-state index contributed by atoms with van der Waals surface area (Å²) in [7, 11) is 0. The van der Waals surface area contributed by atoms with Gasteiger partial charge < -0.3 is 5.73 Å². The third-order valence-corrected chi connectivity index (χ3v) is 1.84. The summed E-state index contributed by atoms with van der Waals surface area (Å²) >= 11 is 4.02. The molecule has 2 N–H and O–H groups in total. The molecular formula is C7H8N2O2S. The molecule has 0 aliphatic carbocycles. The van der Waals surface area contributed by atoms with Crippen LogP contribution in [0.25, 0.3) is 0 Å². The third-order valence-electron chi connectivity index (χ3n) is 1.47. The fraction of sp³-hybridized carbons (Fsp3) is 0.143. The number of hydrogen-bond donors (Lipinski definition) is 2. The van der Waals surface area contributed by atoms with E-state index in [0.29, 0.717) is 5.75 Å². The van der Waals surface area contributed by atoms with Gasteiger partial charge in [0.25, 0.3) is 5.69 Å². The Morgan fingerprint density at radius 2 is 2.25 bits per heavy atom. The predicted octanol–water partition coefficient (Wildman–Crippen LogP) is 1.61. The van der Waals surface area contributed by atoms with Gasteiger partial charge in [0.15, 0.2) is 0 Å². The number of benzene rings is 1. The number of nitrogens with two attached hydrogens (primary N) is 1. The Morgan fingerprint density at radius 1 is 1.58 bits per heavy atom. The lowest BCUT2D eigenvalue weighted by Crippen LogP contribution is -1.95. The van der Waals surface area contributed by atoms with Crippen molar-refractivity contribution in [3.8, 4) is 0 Å². The topological polar surface area (TPSA) is 69.2 Å². The lowest BCUT2D eigenvalue weighted by molar-refractivity contribution is -0.383. The number of nitro benzene ring substituents is 1. The first-order valence-corrected chi connectivity index (χ1v) is 3.92. The third kappa shape index (κ3) is 1.68. The van der Waals surface area contributed by atoms with Crippen molar-refractivity contribution in [3.05, 3.63) is 33.9 Å². The highest BCUT2D eigenvalue weighted by atomic mass is 32.1. The summed E-state index contributed by atoms with van der Waals surface area (Å²) in [4.78, 5) is 9.83. The van der Waals surface area contributed by atoms with Crippen molar-refractivity contribution in [2.75, 3.05) is 5.73 Å². The molecule has 4 nitrogen and oxygen atoms in total. The Hall–Kier alpha value is -1.23. The summed E-state index contributed by atoms with van der Waals surface area (Å²) in [6, 6.07) is 4.59. The van der Waals surface area contributed by atoms with Crippen molar-refractivity contribution in [2.24, 2.45) is 0 Å². The predicted molar refractivity (Wildman–Crippen MR) is 50.2 cm³/mol. The van der Waals surface area contributed by atoms with Gasteiger partial charge in [0, 0.05) is 11.8 Å². The highest BCUT2D eigenvalue weighted by molar-refractivity contribution is 7.79. The molecule has 0 aromatic heterocycles. The van der Waals surface area contributed by atoms with E-state index in [-0.39, 0.29) is 11.4 Å². The van der Waals surface area contributed by atoms with Crippen molar-refractivity contribution in [1.29, 1.82) is 0 Å². The maximum absolute atomic E-state index is 10.3. The average molecular weight is 184 g/mol. The molecule has 0 spiro atoms. The van der Waals surface area contributed by atoms with Gasteiger partial charge in [-0.25, -0.2) is 0 Å². The van der Waals surface area contributed by atoms with Crippen LogP contribution < -0.4 is 5.73 Å². The number of nitrogen functional groups attached to an aromatic ring is 1. The second kappa shape index (κ2) is 3.44. The molecule has 0 saturated heterocycles. The molecular weight excluding hydrogens is 176 g/mol. The van der Waals surface area contributed by atoms with Crippen molar-refractivity contribution in [2.45, 2.75) is 5.75 Å². The normalized spacial score (nSPS) is 9.75. The van der Waals surface area contributed by atoms with Crippen LogP contribution in [0.5, 0.6) is 0 Å². The monoisotopic (exact) mass is 184 g/mol. The summed E-state index contributed by atoms with van der Waals surface area (Å²) in [5.74, 6) is 0.530. The summed E-state index contributed by atoms with van der Waals surface area (Å²) < 4.78 is 0. The molecule has 0 saturated carbocycles. The second-order valence-corrected chi connectivity index (χ2v) is 2.62. The minimum absolute atomic E-state index is 0.0551. The Labute approximate surface area is 74.9 Å². The summed E-state index contributed by atoms with van der Waals surface area (Å²) in [5.41, 5.74) is 6.43. The smallest absolute Gasteiger partial charge is 0.292 e. The van der Waals surface area contributed by atoms with Crippen LogP contribution in [0.15, 0.2) is 18.2 Å². The number of rotatable bonds is 2. The van der Waals surface area contributed by atoms with Crippen molar-refractivity contribution in [3.63, 3.8) is 0 Å². The zero-order valence-electron chi connectivity index (χ0n) is 6.23. The summed E-state index contributed by atoms with van der Waals surface area (Å²) in [6.45, 7) is 0. The SMILES string of the molecule is Nc1cc(CS)ccc1[N+](=O)[O-]. The van der Waals surface area contributed by atoms with E-state index < -0.39 is 4.92 Å². The van der Waals surface area contributed by atoms with E-state index in [1.165, 1.54) is 6.07 Å². The van der Waals surface area contributed by atoms with E-state index in [9.17, 15) is 10.1 Å². The minimum Gasteiger partial charge on any atom is -0.393 e. The first-order chi connectivity index (χ1) is 5.65. The largest absolute Gasteiger partial charge is 0.393 e.